The summed E-state index contributed by atoms with van der Waals surface area (Å²) >= 11 is 0. The molecule has 1 amide bonds. The Labute approximate surface area is 64.4 Å². The molecule has 1 aliphatic carbocycles. The SMILES string of the molecule is O=C(O)N1C2CC(O)CC1C2. The van der Waals surface area contributed by atoms with Crippen molar-refractivity contribution < 1.29 is 15.0 Å². The monoisotopic (exact) mass is 157 g/mol. The van der Waals surface area contributed by atoms with E-state index in [0.29, 0.717) is 12.8 Å². The van der Waals surface area contributed by atoms with E-state index >= 15 is 0 Å². The highest BCUT2D eigenvalue weighted by Crippen LogP contribution is 2.37. The van der Waals surface area contributed by atoms with E-state index in [9.17, 15) is 9.90 Å². The van der Waals surface area contributed by atoms with Crippen LogP contribution in [0.4, 0.5) is 4.79 Å². The van der Waals surface area contributed by atoms with Gasteiger partial charge in [0.25, 0.3) is 0 Å². The maximum atomic E-state index is 10.5. The van der Waals surface area contributed by atoms with E-state index in [0.717, 1.165) is 6.42 Å². The van der Waals surface area contributed by atoms with Crippen molar-refractivity contribution >= 4 is 6.09 Å². The molecule has 4 nitrogen and oxygen atoms in total. The lowest BCUT2D eigenvalue weighted by atomic mass is 9.78. The van der Waals surface area contributed by atoms with Crippen molar-refractivity contribution in [2.24, 2.45) is 0 Å². The van der Waals surface area contributed by atoms with Crippen LogP contribution in [0, 0.1) is 0 Å². The minimum Gasteiger partial charge on any atom is -0.465 e. The number of rotatable bonds is 0. The summed E-state index contributed by atoms with van der Waals surface area (Å²) in [5.41, 5.74) is 0. The van der Waals surface area contributed by atoms with Gasteiger partial charge in [-0.1, -0.05) is 0 Å². The Kier molecular flexibility index (Phi) is 1.32. The molecule has 0 spiro atoms. The summed E-state index contributed by atoms with van der Waals surface area (Å²) in [5, 5.41) is 17.9. The average molecular weight is 157 g/mol. The molecule has 0 aromatic carbocycles. The van der Waals surface area contributed by atoms with Gasteiger partial charge in [-0.2, -0.15) is 0 Å². The summed E-state index contributed by atoms with van der Waals surface area (Å²) in [6.45, 7) is 0. The van der Waals surface area contributed by atoms with Crippen LogP contribution in [0.15, 0.2) is 0 Å². The highest BCUT2D eigenvalue weighted by molar-refractivity contribution is 5.67. The Morgan fingerprint density at radius 3 is 2.27 bits per heavy atom. The maximum Gasteiger partial charge on any atom is 0.407 e. The highest BCUT2D eigenvalue weighted by atomic mass is 16.4. The lowest BCUT2D eigenvalue weighted by molar-refractivity contribution is -0.0632. The number of fused-ring (bicyclic) bond motifs is 2. The Morgan fingerprint density at radius 1 is 1.27 bits per heavy atom. The van der Waals surface area contributed by atoms with Crippen molar-refractivity contribution in [1.82, 2.24) is 4.90 Å². The van der Waals surface area contributed by atoms with E-state index in [1.54, 1.807) is 0 Å². The third-order valence-corrected chi connectivity index (χ3v) is 2.64. The minimum atomic E-state index is -0.835. The van der Waals surface area contributed by atoms with Gasteiger partial charge in [-0.25, -0.2) is 4.79 Å². The van der Waals surface area contributed by atoms with E-state index in [4.69, 9.17) is 5.11 Å². The molecule has 11 heavy (non-hydrogen) atoms. The van der Waals surface area contributed by atoms with Crippen molar-refractivity contribution in [3.05, 3.63) is 0 Å². The number of aliphatic hydroxyl groups is 1. The van der Waals surface area contributed by atoms with Crippen LogP contribution in [0.25, 0.3) is 0 Å². The van der Waals surface area contributed by atoms with Crippen molar-refractivity contribution in [3.8, 4) is 0 Å². The molecule has 0 aromatic heterocycles. The molecule has 2 unspecified atom stereocenters. The molecule has 3 aliphatic rings. The minimum absolute atomic E-state index is 0.0984. The van der Waals surface area contributed by atoms with Gasteiger partial charge in [-0.3, -0.25) is 0 Å². The molecule has 1 saturated carbocycles. The number of piperidine rings is 1. The predicted octanol–water partition coefficient (Wildman–Crippen LogP) is 0.262. The summed E-state index contributed by atoms with van der Waals surface area (Å²) in [6, 6.07) is 0.197. The third kappa shape index (κ3) is 0.894. The molecular formula is C7H11NO3. The first kappa shape index (κ1) is 6.91. The fourth-order valence-electron chi connectivity index (χ4n) is 2.16. The zero-order valence-corrected chi connectivity index (χ0v) is 6.10. The zero-order valence-electron chi connectivity index (χ0n) is 6.10. The van der Waals surface area contributed by atoms with Gasteiger partial charge in [0.1, 0.15) is 0 Å². The van der Waals surface area contributed by atoms with Crippen molar-refractivity contribution in [1.29, 1.82) is 0 Å². The van der Waals surface area contributed by atoms with E-state index in [-0.39, 0.29) is 18.2 Å². The number of amides is 1. The largest absolute Gasteiger partial charge is 0.465 e. The lowest BCUT2D eigenvalue weighted by Crippen LogP contribution is -2.63. The Hall–Kier alpha value is -0.770. The fourth-order valence-corrected chi connectivity index (χ4v) is 2.16. The van der Waals surface area contributed by atoms with Crippen LogP contribution in [0.2, 0.25) is 0 Å². The van der Waals surface area contributed by atoms with Crippen molar-refractivity contribution in [2.75, 3.05) is 0 Å². The quantitative estimate of drug-likeness (QED) is 0.530. The molecule has 0 aromatic rings. The van der Waals surface area contributed by atoms with E-state index < -0.39 is 6.09 Å². The molecule has 2 bridgehead atoms. The molecule has 2 saturated heterocycles. The molecule has 2 atom stereocenters. The standard InChI is InChI=1S/C7H11NO3/c9-6-2-4-1-5(3-6)8(4)7(10)11/h4-6,9H,1-3H2,(H,10,11). The van der Waals surface area contributed by atoms with Gasteiger partial charge >= 0.3 is 6.09 Å². The molecule has 4 heteroatoms. The fraction of sp³-hybridized carbons (Fsp3) is 0.857. The van der Waals surface area contributed by atoms with Crippen LogP contribution >= 0.6 is 0 Å². The van der Waals surface area contributed by atoms with Gasteiger partial charge in [0.2, 0.25) is 0 Å². The molecular weight excluding hydrogens is 146 g/mol. The van der Waals surface area contributed by atoms with Crippen LogP contribution < -0.4 is 0 Å². The second kappa shape index (κ2) is 2.11. The summed E-state index contributed by atoms with van der Waals surface area (Å²) in [6.07, 6.45) is 1.10. The van der Waals surface area contributed by atoms with Crippen LogP contribution in [0.3, 0.4) is 0 Å². The average Bonchev–Trinajstić information content (AvgIpc) is 1.84. The summed E-state index contributed by atoms with van der Waals surface area (Å²) < 4.78 is 0. The molecule has 2 N–H and O–H groups in total. The second-order valence-corrected chi connectivity index (χ2v) is 3.36. The zero-order chi connectivity index (χ0) is 8.01. The third-order valence-electron chi connectivity index (χ3n) is 2.64. The maximum absolute atomic E-state index is 10.5. The number of nitrogens with zero attached hydrogens (tertiary/aromatic N) is 1. The number of aliphatic hydroxyl groups excluding tert-OH is 1. The summed E-state index contributed by atoms with van der Waals surface area (Å²) in [5.74, 6) is 0. The van der Waals surface area contributed by atoms with Crippen LogP contribution in [-0.2, 0) is 0 Å². The Balaban J connectivity index is 2.04. The number of carbonyl (C=O) groups is 1. The van der Waals surface area contributed by atoms with E-state index in [1.807, 2.05) is 0 Å². The summed E-state index contributed by atoms with van der Waals surface area (Å²) in [7, 11) is 0. The molecule has 62 valence electrons. The van der Waals surface area contributed by atoms with Crippen molar-refractivity contribution in [2.45, 2.75) is 37.5 Å². The molecule has 0 radical (unpaired) electrons. The van der Waals surface area contributed by atoms with Crippen LogP contribution in [0.1, 0.15) is 19.3 Å². The first-order valence-corrected chi connectivity index (χ1v) is 3.88. The number of hydrogen-bond donors (Lipinski definition) is 2. The first-order chi connectivity index (χ1) is 5.18. The van der Waals surface area contributed by atoms with E-state index in [2.05, 4.69) is 0 Å². The normalized spacial score (nSPS) is 41.5. The first-order valence-electron chi connectivity index (χ1n) is 3.88. The summed E-state index contributed by atoms with van der Waals surface area (Å²) in [4.78, 5) is 12.0. The topological polar surface area (TPSA) is 60.8 Å². The van der Waals surface area contributed by atoms with Gasteiger partial charge in [0.05, 0.1) is 6.10 Å². The Morgan fingerprint density at radius 2 is 1.82 bits per heavy atom. The molecule has 3 fully saturated rings. The number of hydrogen-bond acceptors (Lipinski definition) is 2. The molecule has 2 aliphatic heterocycles. The molecule has 2 heterocycles. The van der Waals surface area contributed by atoms with Crippen molar-refractivity contribution in [3.63, 3.8) is 0 Å². The van der Waals surface area contributed by atoms with Gasteiger partial charge in [-0.05, 0) is 19.3 Å². The Bertz CT molecular complexity index is 182. The van der Waals surface area contributed by atoms with Gasteiger partial charge < -0.3 is 15.1 Å². The van der Waals surface area contributed by atoms with Gasteiger partial charge in [0, 0.05) is 12.1 Å². The molecule has 3 rings (SSSR count). The van der Waals surface area contributed by atoms with Gasteiger partial charge in [0.15, 0.2) is 0 Å². The smallest absolute Gasteiger partial charge is 0.407 e. The van der Waals surface area contributed by atoms with Crippen LogP contribution in [0.5, 0.6) is 0 Å². The lowest BCUT2D eigenvalue weighted by Gasteiger charge is -2.52. The van der Waals surface area contributed by atoms with E-state index in [1.165, 1.54) is 4.90 Å². The highest BCUT2D eigenvalue weighted by Gasteiger charge is 2.47. The number of carboxylic acid groups (broad SMARTS) is 1. The van der Waals surface area contributed by atoms with Gasteiger partial charge in [-0.15, -0.1) is 0 Å². The second-order valence-electron chi connectivity index (χ2n) is 3.36. The van der Waals surface area contributed by atoms with Crippen LogP contribution in [-0.4, -0.2) is 39.4 Å². The predicted molar refractivity (Wildman–Crippen MR) is 37.3 cm³/mol.